The molecule has 26 heavy (non-hydrogen) atoms. The van der Waals surface area contributed by atoms with Crippen molar-refractivity contribution in [3.63, 3.8) is 0 Å². The lowest BCUT2D eigenvalue weighted by atomic mass is 10.0. The molecule has 0 unspecified atom stereocenters. The molecule has 4 aromatic carbocycles. The molecule has 0 atom stereocenters. The van der Waals surface area contributed by atoms with Crippen LogP contribution in [0.15, 0.2) is 89.4 Å². The Morgan fingerprint density at radius 2 is 1.46 bits per heavy atom. The van der Waals surface area contributed by atoms with Crippen molar-refractivity contribution in [1.29, 1.82) is 0 Å². The number of carbonyl (C=O) groups is 1. The molecule has 0 aromatic heterocycles. The van der Waals surface area contributed by atoms with Gasteiger partial charge in [0.2, 0.25) is 0 Å². The van der Waals surface area contributed by atoms with Crippen LogP contribution >= 0.6 is 15.9 Å². The summed E-state index contributed by atoms with van der Waals surface area (Å²) in [6.07, 6.45) is 3.27. The van der Waals surface area contributed by atoms with Crippen molar-refractivity contribution in [1.82, 2.24) is 0 Å². The van der Waals surface area contributed by atoms with Crippen LogP contribution in [0.3, 0.4) is 0 Å². The lowest BCUT2D eigenvalue weighted by molar-refractivity contribution is -0.128. The van der Waals surface area contributed by atoms with Gasteiger partial charge in [-0.25, -0.2) is 4.79 Å². The second-order valence-corrected chi connectivity index (χ2v) is 6.77. The molecular formula is C23H15BrO2. The number of halogens is 1. The van der Waals surface area contributed by atoms with Gasteiger partial charge in [0.1, 0.15) is 5.75 Å². The first-order chi connectivity index (χ1) is 12.7. The summed E-state index contributed by atoms with van der Waals surface area (Å²) in [4.78, 5) is 12.3. The second kappa shape index (κ2) is 7.14. The molecule has 0 spiro atoms. The van der Waals surface area contributed by atoms with E-state index in [1.807, 2.05) is 60.7 Å². The summed E-state index contributed by atoms with van der Waals surface area (Å²) < 4.78 is 6.54. The first kappa shape index (κ1) is 16.6. The molecule has 0 N–H and O–H groups in total. The Balaban J connectivity index is 1.61. The Hall–Kier alpha value is -2.91. The maximum absolute atomic E-state index is 12.3. The van der Waals surface area contributed by atoms with Crippen LogP contribution in [-0.2, 0) is 4.79 Å². The molecule has 0 aliphatic rings. The van der Waals surface area contributed by atoms with Crippen molar-refractivity contribution < 1.29 is 9.53 Å². The Morgan fingerprint density at radius 1 is 0.769 bits per heavy atom. The van der Waals surface area contributed by atoms with Gasteiger partial charge in [0.05, 0.1) is 0 Å². The second-order valence-electron chi connectivity index (χ2n) is 5.91. The summed E-state index contributed by atoms with van der Waals surface area (Å²) in [6.45, 7) is 0. The van der Waals surface area contributed by atoms with Gasteiger partial charge in [-0.15, -0.1) is 0 Å². The third-order valence-electron chi connectivity index (χ3n) is 4.26. The summed E-state index contributed by atoms with van der Waals surface area (Å²) in [6, 6.07) is 25.6. The van der Waals surface area contributed by atoms with E-state index in [1.165, 1.54) is 6.08 Å². The van der Waals surface area contributed by atoms with Crippen LogP contribution in [0.2, 0.25) is 0 Å². The van der Waals surface area contributed by atoms with Crippen molar-refractivity contribution in [3.8, 4) is 5.75 Å². The minimum absolute atomic E-state index is 0.398. The van der Waals surface area contributed by atoms with Gasteiger partial charge in [0.15, 0.2) is 0 Å². The van der Waals surface area contributed by atoms with Gasteiger partial charge in [-0.2, -0.15) is 0 Å². The molecule has 126 valence electrons. The maximum Gasteiger partial charge on any atom is 0.336 e. The van der Waals surface area contributed by atoms with E-state index in [-0.39, 0.29) is 0 Å². The van der Waals surface area contributed by atoms with Crippen LogP contribution in [0.1, 0.15) is 5.56 Å². The minimum Gasteiger partial charge on any atom is -0.423 e. The fraction of sp³-hybridized carbons (Fsp3) is 0. The first-order valence-electron chi connectivity index (χ1n) is 8.27. The van der Waals surface area contributed by atoms with Gasteiger partial charge in [-0.05, 0) is 39.9 Å². The molecule has 0 bridgehead atoms. The first-order valence-corrected chi connectivity index (χ1v) is 9.06. The summed E-state index contributed by atoms with van der Waals surface area (Å²) in [7, 11) is 0. The Bertz CT molecular complexity index is 1140. The van der Waals surface area contributed by atoms with Crippen molar-refractivity contribution in [3.05, 3.63) is 95.0 Å². The third kappa shape index (κ3) is 3.26. The molecule has 0 amide bonds. The number of carbonyl (C=O) groups excluding carboxylic acids is 1. The molecule has 0 fully saturated rings. The van der Waals surface area contributed by atoms with E-state index in [9.17, 15) is 4.79 Å². The van der Waals surface area contributed by atoms with Gasteiger partial charge in [0.25, 0.3) is 0 Å². The van der Waals surface area contributed by atoms with E-state index < -0.39 is 5.97 Å². The van der Waals surface area contributed by atoms with Crippen molar-refractivity contribution >= 4 is 49.5 Å². The molecule has 0 saturated heterocycles. The molecule has 0 aliphatic carbocycles. The highest BCUT2D eigenvalue weighted by Crippen LogP contribution is 2.31. The van der Waals surface area contributed by atoms with Crippen molar-refractivity contribution in [2.75, 3.05) is 0 Å². The normalized spacial score (nSPS) is 11.3. The summed E-state index contributed by atoms with van der Waals surface area (Å²) in [5, 5.41) is 4.15. The van der Waals surface area contributed by atoms with Gasteiger partial charge >= 0.3 is 5.97 Å². The number of hydrogen-bond acceptors (Lipinski definition) is 2. The number of hydrogen-bond donors (Lipinski definition) is 0. The predicted molar refractivity (Wildman–Crippen MR) is 110 cm³/mol. The molecule has 0 saturated carbocycles. The van der Waals surface area contributed by atoms with E-state index >= 15 is 0 Å². The number of ether oxygens (including phenoxy) is 1. The SMILES string of the molecule is O=C(C=Cc1cccc2ccccc12)Oc1ccc(Br)c2ccccc12. The average Bonchev–Trinajstić information content (AvgIpc) is 2.69. The average molecular weight is 403 g/mol. The van der Waals surface area contributed by atoms with Crippen LogP contribution in [-0.4, -0.2) is 5.97 Å². The van der Waals surface area contributed by atoms with Crippen LogP contribution in [0.4, 0.5) is 0 Å². The molecule has 4 rings (SSSR count). The maximum atomic E-state index is 12.3. The Labute approximate surface area is 159 Å². The summed E-state index contributed by atoms with van der Waals surface area (Å²) in [5.74, 6) is 0.154. The molecule has 0 heterocycles. The van der Waals surface area contributed by atoms with Crippen molar-refractivity contribution in [2.45, 2.75) is 0 Å². The third-order valence-corrected chi connectivity index (χ3v) is 4.96. The zero-order valence-corrected chi connectivity index (χ0v) is 15.4. The number of fused-ring (bicyclic) bond motifs is 2. The van der Waals surface area contributed by atoms with Crippen molar-refractivity contribution in [2.24, 2.45) is 0 Å². The topological polar surface area (TPSA) is 26.3 Å². The van der Waals surface area contributed by atoms with E-state index in [2.05, 4.69) is 28.1 Å². The number of rotatable bonds is 3. The highest BCUT2D eigenvalue weighted by atomic mass is 79.9. The molecule has 2 nitrogen and oxygen atoms in total. The van der Waals surface area contributed by atoms with Gasteiger partial charge in [-0.1, -0.05) is 82.7 Å². The molecule has 0 aliphatic heterocycles. The minimum atomic E-state index is -0.398. The van der Waals surface area contributed by atoms with Gasteiger partial charge in [-0.3, -0.25) is 0 Å². The zero-order chi connectivity index (χ0) is 17.9. The molecule has 3 heteroatoms. The Kier molecular flexibility index (Phi) is 4.55. The van der Waals surface area contributed by atoms with E-state index in [0.717, 1.165) is 31.6 Å². The highest BCUT2D eigenvalue weighted by Gasteiger charge is 2.08. The van der Waals surface area contributed by atoms with Crippen LogP contribution in [0.5, 0.6) is 5.75 Å². The Morgan fingerprint density at radius 3 is 2.31 bits per heavy atom. The lowest BCUT2D eigenvalue weighted by Crippen LogP contribution is -2.04. The van der Waals surface area contributed by atoms with E-state index in [1.54, 1.807) is 12.1 Å². The summed E-state index contributed by atoms with van der Waals surface area (Å²) in [5.41, 5.74) is 0.987. The quantitative estimate of drug-likeness (QED) is 0.226. The largest absolute Gasteiger partial charge is 0.423 e. The van der Waals surface area contributed by atoms with E-state index in [0.29, 0.717) is 5.75 Å². The fourth-order valence-electron chi connectivity index (χ4n) is 3.02. The van der Waals surface area contributed by atoms with Crippen LogP contribution < -0.4 is 4.74 Å². The predicted octanol–water partition coefficient (Wildman–Crippen LogP) is 6.37. The standard InChI is InChI=1S/C23H15BrO2/c24-21-13-14-22(20-11-4-3-10-19(20)21)26-23(25)15-12-17-8-5-7-16-6-1-2-9-18(16)17/h1-15H. The lowest BCUT2D eigenvalue weighted by Gasteiger charge is -2.07. The highest BCUT2D eigenvalue weighted by molar-refractivity contribution is 9.10. The monoisotopic (exact) mass is 402 g/mol. The zero-order valence-electron chi connectivity index (χ0n) is 13.9. The number of benzene rings is 4. The van der Waals surface area contributed by atoms with Crippen LogP contribution in [0.25, 0.3) is 27.6 Å². The van der Waals surface area contributed by atoms with Gasteiger partial charge in [0, 0.05) is 15.9 Å². The van der Waals surface area contributed by atoms with Gasteiger partial charge < -0.3 is 4.74 Å². The molecule has 0 radical (unpaired) electrons. The molecular weight excluding hydrogens is 388 g/mol. The van der Waals surface area contributed by atoms with Crippen LogP contribution in [0, 0.1) is 0 Å². The number of esters is 1. The molecule has 4 aromatic rings. The summed E-state index contributed by atoms with van der Waals surface area (Å²) >= 11 is 3.53. The van der Waals surface area contributed by atoms with E-state index in [4.69, 9.17) is 4.74 Å². The smallest absolute Gasteiger partial charge is 0.336 e. The fourth-order valence-corrected chi connectivity index (χ4v) is 3.50.